The van der Waals surface area contributed by atoms with E-state index in [9.17, 15) is 5.11 Å². The van der Waals surface area contributed by atoms with Gasteiger partial charge in [0.25, 0.3) is 0 Å². The first-order valence-electron chi connectivity index (χ1n) is 9.00. The fraction of sp³-hybridized carbons (Fsp3) is 0.182. The summed E-state index contributed by atoms with van der Waals surface area (Å²) >= 11 is 1.85. The predicted octanol–water partition coefficient (Wildman–Crippen LogP) is 4.64. The molecule has 1 unspecified atom stereocenters. The summed E-state index contributed by atoms with van der Waals surface area (Å²) in [6.07, 6.45) is 1.64. The van der Waals surface area contributed by atoms with Gasteiger partial charge in [-0.05, 0) is 48.3 Å². The number of phenols is 1. The fourth-order valence-electron chi connectivity index (χ4n) is 3.96. The lowest BCUT2D eigenvalue weighted by molar-refractivity contribution is 0.289. The van der Waals surface area contributed by atoms with E-state index in [4.69, 9.17) is 0 Å². The van der Waals surface area contributed by atoms with Crippen molar-refractivity contribution in [3.63, 3.8) is 0 Å². The highest BCUT2D eigenvalue weighted by molar-refractivity contribution is 7.19. The molecule has 1 aliphatic rings. The lowest BCUT2D eigenvalue weighted by Crippen LogP contribution is -2.30. The highest BCUT2D eigenvalue weighted by atomic mass is 32.1. The zero-order valence-corrected chi connectivity index (χ0v) is 15.8. The van der Waals surface area contributed by atoms with Gasteiger partial charge in [-0.25, -0.2) is 0 Å². The summed E-state index contributed by atoms with van der Waals surface area (Å²) in [5.74, 6) is 0.587. The van der Waals surface area contributed by atoms with Gasteiger partial charge in [0, 0.05) is 45.9 Å². The number of thiophene rings is 1. The predicted molar refractivity (Wildman–Crippen MR) is 109 cm³/mol. The Morgan fingerprint density at radius 1 is 1.11 bits per heavy atom. The van der Waals surface area contributed by atoms with Crippen LogP contribution in [0.3, 0.4) is 0 Å². The van der Waals surface area contributed by atoms with E-state index in [0.717, 1.165) is 24.2 Å². The molecule has 0 spiro atoms. The van der Waals surface area contributed by atoms with Crippen molar-refractivity contribution in [2.24, 2.45) is 0 Å². The Balaban J connectivity index is 1.64. The monoisotopic (exact) mass is 373 g/mol. The van der Waals surface area contributed by atoms with Gasteiger partial charge in [0.05, 0.1) is 5.69 Å². The molecule has 0 amide bonds. The molecular formula is C22H19N3OS. The highest BCUT2D eigenvalue weighted by Crippen LogP contribution is 2.43. The molecule has 0 saturated carbocycles. The maximum Gasteiger partial charge on any atom is 0.129 e. The third-order valence-corrected chi connectivity index (χ3v) is 6.48. The maximum absolute atomic E-state index is 11.0. The molecule has 0 aliphatic carbocycles. The Kier molecular flexibility index (Phi) is 3.92. The van der Waals surface area contributed by atoms with E-state index < -0.39 is 0 Å². The molecule has 4 aromatic rings. The third-order valence-electron chi connectivity index (χ3n) is 5.25. The molecule has 27 heavy (non-hydrogen) atoms. The first-order chi connectivity index (χ1) is 13.2. The van der Waals surface area contributed by atoms with E-state index in [-0.39, 0.29) is 5.92 Å². The molecule has 0 radical (unpaired) electrons. The van der Waals surface area contributed by atoms with Crippen LogP contribution < -0.4 is 0 Å². The SMILES string of the molecule is CN1Cc2c(ccc(-c3cccnn3)c2O)C(c2cc3ccccc3s2)C1. The minimum Gasteiger partial charge on any atom is -0.507 e. The second-order valence-corrected chi connectivity index (χ2v) is 8.19. The van der Waals surface area contributed by atoms with Crippen LogP contribution in [-0.4, -0.2) is 33.8 Å². The molecule has 5 heteroatoms. The normalized spacial score (nSPS) is 17.1. The van der Waals surface area contributed by atoms with Crippen molar-refractivity contribution in [1.82, 2.24) is 15.1 Å². The van der Waals surface area contributed by atoms with Crippen LogP contribution >= 0.6 is 11.3 Å². The van der Waals surface area contributed by atoms with Gasteiger partial charge in [-0.15, -0.1) is 11.3 Å². The molecule has 0 bridgehead atoms. The fourth-order valence-corrected chi connectivity index (χ4v) is 5.13. The molecule has 5 rings (SSSR count). The lowest BCUT2D eigenvalue weighted by atomic mass is 9.86. The molecule has 4 nitrogen and oxygen atoms in total. The van der Waals surface area contributed by atoms with Crippen LogP contribution in [0.2, 0.25) is 0 Å². The molecule has 2 aromatic heterocycles. The van der Waals surface area contributed by atoms with Gasteiger partial charge in [0.2, 0.25) is 0 Å². The van der Waals surface area contributed by atoms with Gasteiger partial charge in [-0.3, -0.25) is 0 Å². The van der Waals surface area contributed by atoms with Crippen LogP contribution in [0.25, 0.3) is 21.3 Å². The molecule has 134 valence electrons. The Morgan fingerprint density at radius 2 is 2.00 bits per heavy atom. The summed E-state index contributed by atoms with van der Waals surface area (Å²) in [5.41, 5.74) is 3.65. The van der Waals surface area contributed by atoms with E-state index in [1.54, 1.807) is 6.20 Å². The largest absolute Gasteiger partial charge is 0.507 e. The number of nitrogens with zero attached hydrogens (tertiary/aromatic N) is 3. The number of hydrogen-bond donors (Lipinski definition) is 1. The van der Waals surface area contributed by atoms with Gasteiger partial charge in [-0.2, -0.15) is 10.2 Å². The zero-order chi connectivity index (χ0) is 18.4. The van der Waals surface area contributed by atoms with Crippen molar-refractivity contribution >= 4 is 21.4 Å². The second-order valence-electron chi connectivity index (χ2n) is 7.07. The molecule has 1 atom stereocenters. The van der Waals surface area contributed by atoms with Gasteiger partial charge < -0.3 is 10.0 Å². The highest BCUT2D eigenvalue weighted by Gasteiger charge is 2.29. The lowest BCUT2D eigenvalue weighted by Gasteiger charge is -2.32. The molecule has 0 saturated heterocycles. The van der Waals surface area contributed by atoms with Gasteiger partial charge in [0.15, 0.2) is 0 Å². The maximum atomic E-state index is 11.0. The zero-order valence-electron chi connectivity index (χ0n) is 15.0. The van der Waals surface area contributed by atoms with Crippen LogP contribution in [-0.2, 0) is 6.54 Å². The summed E-state index contributed by atoms with van der Waals surface area (Å²) in [6, 6.07) is 18.6. The van der Waals surface area contributed by atoms with Crippen molar-refractivity contribution in [1.29, 1.82) is 0 Å². The first kappa shape index (κ1) is 16.4. The van der Waals surface area contributed by atoms with Gasteiger partial charge >= 0.3 is 0 Å². The smallest absolute Gasteiger partial charge is 0.129 e. The summed E-state index contributed by atoms with van der Waals surface area (Å²) in [6.45, 7) is 1.68. The van der Waals surface area contributed by atoms with Crippen LogP contribution in [0.15, 0.2) is 60.8 Å². The number of likely N-dealkylation sites (N-methyl/N-ethyl adjacent to an activating group) is 1. The van der Waals surface area contributed by atoms with E-state index in [2.05, 4.69) is 58.5 Å². The Bertz CT molecular complexity index is 1090. The van der Waals surface area contributed by atoms with Gasteiger partial charge in [0.1, 0.15) is 5.75 Å². The summed E-state index contributed by atoms with van der Waals surface area (Å²) in [7, 11) is 2.11. The number of hydrogen-bond acceptors (Lipinski definition) is 5. The van der Waals surface area contributed by atoms with Crippen molar-refractivity contribution in [3.8, 4) is 17.0 Å². The Labute approximate surface area is 161 Å². The van der Waals surface area contributed by atoms with Crippen LogP contribution in [0.1, 0.15) is 21.9 Å². The second kappa shape index (κ2) is 6.44. The number of fused-ring (bicyclic) bond motifs is 2. The quantitative estimate of drug-likeness (QED) is 0.556. The van der Waals surface area contributed by atoms with E-state index >= 15 is 0 Å². The van der Waals surface area contributed by atoms with E-state index in [1.807, 2.05) is 29.5 Å². The Morgan fingerprint density at radius 3 is 2.81 bits per heavy atom. The molecule has 2 aromatic carbocycles. The molecule has 1 aliphatic heterocycles. The minimum absolute atomic E-state index is 0.262. The first-order valence-corrected chi connectivity index (χ1v) is 9.82. The van der Waals surface area contributed by atoms with Gasteiger partial charge in [-0.1, -0.05) is 24.3 Å². The number of rotatable bonds is 2. The third kappa shape index (κ3) is 2.80. The number of phenolic OH excluding ortho intramolecular Hbond substituents is 1. The average Bonchev–Trinajstić information content (AvgIpc) is 3.13. The summed E-state index contributed by atoms with van der Waals surface area (Å²) in [4.78, 5) is 3.62. The summed E-state index contributed by atoms with van der Waals surface area (Å²) in [5, 5.41) is 20.4. The molecule has 3 heterocycles. The number of aromatic nitrogens is 2. The molecular weight excluding hydrogens is 354 g/mol. The van der Waals surface area contributed by atoms with E-state index in [0.29, 0.717) is 11.4 Å². The number of aromatic hydroxyl groups is 1. The van der Waals surface area contributed by atoms with Crippen LogP contribution in [0.4, 0.5) is 0 Å². The molecule has 0 fully saturated rings. The Hall–Kier alpha value is -2.76. The van der Waals surface area contributed by atoms with Crippen LogP contribution in [0.5, 0.6) is 5.75 Å². The van der Waals surface area contributed by atoms with Crippen molar-refractivity contribution in [2.45, 2.75) is 12.5 Å². The van der Waals surface area contributed by atoms with E-state index in [1.165, 1.54) is 20.5 Å². The van der Waals surface area contributed by atoms with Crippen molar-refractivity contribution < 1.29 is 5.11 Å². The standard InChI is InChI=1S/C22H19N3OS/c1-25-12-17(21-11-14-5-2-3-7-20(14)27-21)15-8-9-16(22(26)18(15)13-25)19-6-4-10-23-24-19/h2-11,17,26H,12-13H2,1H3. The topological polar surface area (TPSA) is 49.2 Å². The number of benzene rings is 2. The average molecular weight is 373 g/mol. The molecule has 1 N–H and O–H groups in total. The van der Waals surface area contributed by atoms with Crippen molar-refractivity contribution in [3.05, 3.63) is 76.8 Å². The summed E-state index contributed by atoms with van der Waals surface area (Å²) < 4.78 is 1.31. The minimum atomic E-state index is 0.262. The van der Waals surface area contributed by atoms with Crippen LogP contribution in [0, 0.1) is 0 Å². The van der Waals surface area contributed by atoms with Crippen molar-refractivity contribution in [2.75, 3.05) is 13.6 Å².